The van der Waals surface area contributed by atoms with Crippen molar-refractivity contribution in [2.24, 2.45) is 0 Å². The molecule has 0 N–H and O–H groups in total. The number of hydrogen-bond acceptors (Lipinski definition) is 4. The predicted octanol–water partition coefficient (Wildman–Crippen LogP) is 3.67. The zero-order valence-electron chi connectivity index (χ0n) is 17.0. The predicted molar refractivity (Wildman–Crippen MR) is 118 cm³/mol. The maximum absolute atomic E-state index is 12.9. The number of para-hydroxylation sites is 2. The first-order valence-corrected chi connectivity index (χ1v) is 10.5. The van der Waals surface area contributed by atoms with Gasteiger partial charge in [0.15, 0.2) is 5.69 Å². The summed E-state index contributed by atoms with van der Waals surface area (Å²) in [6, 6.07) is 19.2. The molecule has 6 nitrogen and oxygen atoms in total. The van der Waals surface area contributed by atoms with E-state index in [1.165, 1.54) is 0 Å². The van der Waals surface area contributed by atoms with Crippen LogP contribution in [-0.4, -0.2) is 64.8 Å². The lowest BCUT2D eigenvalue weighted by molar-refractivity contribution is 0.0614. The molecule has 1 aliphatic rings. The van der Waals surface area contributed by atoms with Crippen LogP contribution in [0, 0.1) is 6.92 Å². The summed E-state index contributed by atoms with van der Waals surface area (Å²) in [5, 5.41) is 5.17. The Kier molecular flexibility index (Phi) is 6.35. The van der Waals surface area contributed by atoms with Gasteiger partial charge in [0.25, 0.3) is 5.91 Å². The zero-order valence-corrected chi connectivity index (χ0v) is 17.8. The standard InChI is InChI=1S/C23H25ClN4O2/c1-18-17-21(25-28(18)19-7-3-2-4-8-19)23(29)27-13-11-26(12-14-27)15-16-30-22-10-6-5-9-20(22)24/h2-10,17H,11-16H2,1H3. The normalized spacial score (nSPS) is 14.7. The fourth-order valence-corrected chi connectivity index (χ4v) is 3.78. The Morgan fingerprint density at radius 1 is 1.03 bits per heavy atom. The molecule has 0 bridgehead atoms. The number of piperazine rings is 1. The highest BCUT2D eigenvalue weighted by Gasteiger charge is 2.24. The number of aryl methyl sites for hydroxylation is 1. The van der Waals surface area contributed by atoms with E-state index in [-0.39, 0.29) is 5.91 Å². The van der Waals surface area contributed by atoms with Gasteiger partial charge in [-0.05, 0) is 37.3 Å². The second-order valence-corrected chi connectivity index (χ2v) is 7.74. The van der Waals surface area contributed by atoms with Crippen molar-refractivity contribution in [3.8, 4) is 11.4 Å². The Bertz CT molecular complexity index is 997. The molecule has 1 saturated heterocycles. The number of hydrogen-bond donors (Lipinski definition) is 0. The van der Waals surface area contributed by atoms with Gasteiger partial charge in [0.05, 0.1) is 10.7 Å². The molecule has 30 heavy (non-hydrogen) atoms. The average molecular weight is 425 g/mol. The summed E-state index contributed by atoms with van der Waals surface area (Å²) in [5.41, 5.74) is 2.39. The monoisotopic (exact) mass is 424 g/mol. The molecule has 1 fully saturated rings. The van der Waals surface area contributed by atoms with Gasteiger partial charge in [-0.1, -0.05) is 41.9 Å². The first kappa shape index (κ1) is 20.4. The summed E-state index contributed by atoms with van der Waals surface area (Å²) in [6.07, 6.45) is 0. The Hall–Kier alpha value is -2.83. The molecule has 2 aromatic carbocycles. The van der Waals surface area contributed by atoms with E-state index in [2.05, 4.69) is 10.00 Å². The summed E-state index contributed by atoms with van der Waals surface area (Å²) in [4.78, 5) is 17.1. The van der Waals surface area contributed by atoms with Crippen LogP contribution in [0.15, 0.2) is 60.7 Å². The number of aromatic nitrogens is 2. The van der Waals surface area contributed by atoms with Gasteiger partial charge in [-0.25, -0.2) is 4.68 Å². The van der Waals surface area contributed by atoms with E-state index in [0.29, 0.717) is 36.2 Å². The number of carbonyl (C=O) groups excluding carboxylic acids is 1. The highest BCUT2D eigenvalue weighted by molar-refractivity contribution is 6.32. The molecule has 4 rings (SSSR count). The van der Waals surface area contributed by atoms with Crippen LogP contribution in [0.5, 0.6) is 5.75 Å². The van der Waals surface area contributed by atoms with Crippen molar-refractivity contribution in [3.05, 3.63) is 77.1 Å². The molecule has 2 heterocycles. The second-order valence-electron chi connectivity index (χ2n) is 7.33. The quantitative estimate of drug-likeness (QED) is 0.605. The second kappa shape index (κ2) is 9.32. The number of nitrogens with zero attached hydrogens (tertiary/aromatic N) is 4. The molecule has 0 aliphatic carbocycles. The van der Waals surface area contributed by atoms with Crippen LogP contribution in [0.1, 0.15) is 16.2 Å². The minimum Gasteiger partial charge on any atom is -0.491 e. The first-order valence-electron chi connectivity index (χ1n) is 10.1. The zero-order chi connectivity index (χ0) is 20.9. The molecule has 0 saturated carbocycles. The van der Waals surface area contributed by atoms with E-state index >= 15 is 0 Å². The molecule has 1 amide bonds. The number of ether oxygens (including phenoxy) is 1. The fourth-order valence-electron chi connectivity index (χ4n) is 3.59. The van der Waals surface area contributed by atoms with Crippen LogP contribution in [-0.2, 0) is 0 Å². The molecule has 156 valence electrons. The Morgan fingerprint density at radius 3 is 2.47 bits per heavy atom. The van der Waals surface area contributed by atoms with Gasteiger partial charge in [0, 0.05) is 38.4 Å². The Balaban J connectivity index is 1.29. The molecule has 1 aromatic heterocycles. The van der Waals surface area contributed by atoms with Crippen molar-refractivity contribution in [2.75, 3.05) is 39.3 Å². The van der Waals surface area contributed by atoms with E-state index in [0.717, 1.165) is 31.0 Å². The van der Waals surface area contributed by atoms with Crippen molar-refractivity contribution in [1.29, 1.82) is 0 Å². The minimum atomic E-state index is -0.0141. The van der Waals surface area contributed by atoms with E-state index in [1.807, 2.05) is 77.2 Å². The van der Waals surface area contributed by atoms with Crippen molar-refractivity contribution in [1.82, 2.24) is 19.6 Å². The molecule has 1 aliphatic heterocycles. The number of halogens is 1. The van der Waals surface area contributed by atoms with Crippen LogP contribution >= 0.6 is 11.6 Å². The van der Waals surface area contributed by atoms with E-state index < -0.39 is 0 Å². The molecule has 0 radical (unpaired) electrons. The Labute approximate surface area is 181 Å². The van der Waals surface area contributed by atoms with Gasteiger partial charge in [-0.15, -0.1) is 0 Å². The molecular weight excluding hydrogens is 400 g/mol. The van der Waals surface area contributed by atoms with Crippen LogP contribution in [0.2, 0.25) is 5.02 Å². The van der Waals surface area contributed by atoms with Crippen molar-refractivity contribution < 1.29 is 9.53 Å². The van der Waals surface area contributed by atoms with E-state index in [1.54, 1.807) is 0 Å². The lowest BCUT2D eigenvalue weighted by Gasteiger charge is -2.34. The third-order valence-electron chi connectivity index (χ3n) is 5.27. The molecule has 0 atom stereocenters. The van der Waals surface area contributed by atoms with E-state index in [9.17, 15) is 4.79 Å². The summed E-state index contributed by atoms with van der Waals surface area (Å²) in [5.74, 6) is 0.692. The lowest BCUT2D eigenvalue weighted by Crippen LogP contribution is -2.49. The van der Waals surface area contributed by atoms with Crippen molar-refractivity contribution >= 4 is 17.5 Å². The maximum Gasteiger partial charge on any atom is 0.274 e. The molecule has 0 spiro atoms. The molecule has 0 unspecified atom stereocenters. The Morgan fingerprint density at radius 2 is 1.73 bits per heavy atom. The highest BCUT2D eigenvalue weighted by Crippen LogP contribution is 2.23. The average Bonchev–Trinajstić information content (AvgIpc) is 3.17. The summed E-state index contributed by atoms with van der Waals surface area (Å²) < 4.78 is 7.59. The van der Waals surface area contributed by atoms with Crippen molar-refractivity contribution in [2.45, 2.75) is 6.92 Å². The summed E-state index contributed by atoms with van der Waals surface area (Å²) >= 11 is 6.12. The van der Waals surface area contributed by atoms with Crippen LogP contribution < -0.4 is 4.74 Å². The minimum absolute atomic E-state index is 0.0141. The van der Waals surface area contributed by atoms with Gasteiger partial charge in [-0.3, -0.25) is 9.69 Å². The topological polar surface area (TPSA) is 50.6 Å². The van der Waals surface area contributed by atoms with Gasteiger partial charge < -0.3 is 9.64 Å². The summed E-state index contributed by atoms with van der Waals surface area (Å²) in [6.45, 7) is 6.33. The number of carbonyl (C=O) groups is 1. The largest absolute Gasteiger partial charge is 0.491 e. The molecular formula is C23H25ClN4O2. The van der Waals surface area contributed by atoms with Gasteiger partial charge in [0.1, 0.15) is 12.4 Å². The maximum atomic E-state index is 12.9. The van der Waals surface area contributed by atoms with Gasteiger partial charge in [-0.2, -0.15) is 5.10 Å². The highest BCUT2D eigenvalue weighted by atomic mass is 35.5. The summed E-state index contributed by atoms with van der Waals surface area (Å²) in [7, 11) is 0. The van der Waals surface area contributed by atoms with Gasteiger partial charge in [0.2, 0.25) is 0 Å². The van der Waals surface area contributed by atoms with Crippen molar-refractivity contribution in [3.63, 3.8) is 0 Å². The van der Waals surface area contributed by atoms with Crippen LogP contribution in [0.4, 0.5) is 0 Å². The number of benzene rings is 2. The fraction of sp³-hybridized carbons (Fsp3) is 0.304. The lowest BCUT2D eigenvalue weighted by atomic mass is 10.2. The third-order valence-corrected chi connectivity index (χ3v) is 5.58. The van der Waals surface area contributed by atoms with E-state index in [4.69, 9.17) is 16.3 Å². The molecule has 7 heteroatoms. The SMILES string of the molecule is Cc1cc(C(=O)N2CCN(CCOc3ccccc3Cl)CC2)nn1-c1ccccc1. The number of rotatable bonds is 6. The van der Waals surface area contributed by atoms with Crippen LogP contribution in [0.3, 0.4) is 0 Å². The number of amides is 1. The first-order chi connectivity index (χ1) is 14.6. The smallest absolute Gasteiger partial charge is 0.274 e. The van der Waals surface area contributed by atoms with Gasteiger partial charge >= 0.3 is 0 Å². The third kappa shape index (κ3) is 4.66. The van der Waals surface area contributed by atoms with Crippen LogP contribution in [0.25, 0.3) is 5.69 Å². The molecule has 3 aromatic rings.